The second kappa shape index (κ2) is 5.64. The summed E-state index contributed by atoms with van der Waals surface area (Å²) in [4.78, 5) is 0. The van der Waals surface area contributed by atoms with E-state index in [1.807, 2.05) is 18.5 Å². The van der Waals surface area contributed by atoms with Crippen LogP contribution in [-0.4, -0.2) is 36.8 Å². The smallest absolute Gasteiger partial charge is 0.147 e. The SMILES string of the molecule is Cc1nn(CCCS(C)(=O)=O)c(C)c1CCN. The average Bonchev–Trinajstić information content (AvgIpc) is 2.45. The quantitative estimate of drug-likeness (QED) is 0.804. The molecule has 1 rings (SSSR count). The fraction of sp³-hybridized carbons (Fsp3) is 0.727. The van der Waals surface area contributed by atoms with Crippen molar-refractivity contribution in [1.82, 2.24) is 9.78 Å². The fourth-order valence-electron chi connectivity index (χ4n) is 1.93. The highest BCUT2D eigenvalue weighted by atomic mass is 32.2. The van der Waals surface area contributed by atoms with Crippen molar-refractivity contribution in [3.63, 3.8) is 0 Å². The van der Waals surface area contributed by atoms with E-state index in [-0.39, 0.29) is 5.75 Å². The molecule has 2 N–H and O–H groups in total. The minimum atomic E-state index is -2.88. The molecule has 0 atom stereocenters. The highest BCUT2D eigenvalue weighted by Crippen LogP contribution is 2.13. The minimum Gasteiger partial charge on any atom is -0.330 e. The molecule has 0 spiro atoms. The minimum absolute atomic E-state index is 0.206. The van der Waals surface area contributed by atoms with Gasteiger partial charge in [-0.3, -0.25) is 4.68 Å². The summed E-state index contributed by atoms with van der Waals surface area (Å²) in [6, 6.07) is 0. The number of nitrogens with zero attached hydrogens (tertiary/aromatic N) is 2. The van der Waals surface area contributed by atoms with Gasteiger partial charge in [0.05, 0.1) is 11.4 Å². The molecule has 0 saturated carbocycles. The summed E-state index contributed by atoms with van der Waals surface area (Å²) in [6.07, 6.45) is 2.68. The van der Waals surface area contributed by atoms with E-state index in [4.69, 9.17) is 5.73 Å². The van der Waals surface area contributed by atoms with E-state index >= 15 is 0 Å². The van der Waals surface area contributed by atoms with Crippen LogP contribution in [0, 0.1) is 13.8 Å². The van der Waals surface area contributed by atoms with Crippen molar-refractivity contribution in [2.75, 3.05) is 18.6 Å². The lowest BCUT2D eigenvalue weighted by molar-refractivity contribution is 0.566. The van der Waals surface area contributed by atoms with Crippen molar-refractivity contribution in [1.29, 1.82) is 0 Å². The lowest BCUT2D eigenvalue weighted by Gasteiger charge is -2.04. The maximum Gasteiger partial charge on any atom is 0.147 e. The van der Waals surface area contributed by atoms with E-state index in [1.165, 1.54) is 11.8 Å². The van der Waals surface area contributed by atoms with Crippen LogP contribution in [0.1, 0.15) is 23.4 Å². The van der Waals surface area contributed by atoms with Gasteiger partial charge in [-0.15, -0.1) is 0 Å². The van der Waals surface area contributed by atoms with E-state index in [1.54, 1.807) is 0 Å². The van der Waals surface area contributed by atoms with Gasteiger partial charge < -0.3 is 5.73 Å². The van der Waals surface area contributed by atoms with Gasteiger partial charge in [-0.1, -0.05) is 0 Å². The van der Waals surface area contributed by atoms with E-state index in [2.05, 4.69) is 5.10 Å². The zero-order valence-electron chi connectivity index (χ0n) is 10.7. The largest absolute Gasteiger partial charge is 0.330 e. The Morgan fingerprint density at radius 3 is 2.53 bits per heavy atom. The first kappa shape index (κ1) is 14.2. The molecule has 0 unspecified atom stereocenters. The normalized spacial score (nSPS) is 12.0. The Labute approximate surface area is 103 Å². The van der Waals surface area contributed by atoms with Crippen molar-refractivity contribution in [3.05, 3.63) is 17.0 Å². The predicted molar refractivity (Wildman–Crippen MR) is 68.8 cm³/mol. The zero-order chi connectivity index (χ0) is 13.1. The number of nitrogens with two attached hydrogens (primary N) is 1. The van der Waals surface area contributed by atoms with Crippen LogP contribution in [0.4, 0.5) is 0 Å². The number of hydrogen-bond donors (Lipinski definition) is 1. The molecule has 0 aromatic carbocycles. The molecule has 1 heterocycles. The second-order valence-electron chi connectivity index (χ2n) is 4.39. The molecule has 0 saturated heterocycles. The van der Waals surface area contributed by atoms with Gasteiger partial charge in [-0.05, 0) is 38.8 Å². The molecular formula is C11H21N3O2S. The van der Waals surface area contributed by atoms with Crippen LogP contribution < -0.4 is 5.73 Å². The van der Waals surface area contributed by atoms with Crippen molar-refractivity contribution in [3.8, 4) is 0 Å². The summed E-state index contributed by atoms with van der Waals surface area (Å²) in [6.45, 7) is 5.22. The van der Waals surface area contributed by atoms with Crippen molar-refractivity contribution >= 4 is 9.84 Å². The van der Waals surface area contributed by atoms with Gasteiger partial charge in [0.25, 0.3) is 0 Å². The third-order valence-corrected chi connectivity index (χ3v) is 3.84. The Bertz CT molecular complexity index is 477. The molecular weight excluding hydrogens is 238 g/mol. The first-order valence-corrected chi connectivity index (χ1v) is 7.82. The third kappa shape index (κ3) is 4.12. The first-order chi connectivity index (χ1) is 7.85. The molecule has 0 bridgehead atoms. The predicted octanol–water partition coefficient (Wildman–Crippen LogP) is 0.436. The van der Waals surface area contributed by atoms with Gasteiger partial charge in [-0.2, -0.15) is 5.10 Å². The number of aromatic nitrogens is 2. The molecule has 17 heavy (non-hydrogen) atoms. The van der Waals surface area contributed by atoms with E-state index in [9.17, 15) is 8.42 Å². The maximum atomic E-state index is 11.0. The van der Waals surface area contributed by atoms with E-state index in [0.717, 1.165) is 17.8 Å². The Balaban J connectivity index is 2.69. The summed E-state index contributed by atoms with van der Waals surface area (Å²) in [7, 11) is -2.88. The first-order valence-electron chi connectivity index (χ1n) is 5.76. The molecule has 1 aromatic heterocycles. The van der Waals surface area contributed by atoms with E-state index < -0.39 is 9.84 Å². The van der Waals surface area contributed by atoms with Gasteiger partial charge in [0.15, 0.2) is 0 Å². The van der Waals surface area contributed by atoms with Gasteiger partial charge in [0, 0.05) is 18.5 Å². The van der Waals surface area contributed by atoms with Gasteiger partial charge >= 0.3 is 0 Å². The maximum absolute atomic E-state index is 11.0. The summed E-state index contributed by atoms with van der Waals surface area (Å²) in [5, 5.41) is 4.41. The van der Waals surface area contributed by atoms with Crippen molar-refractivity contribution in [2.24, 2.45) is 5.73 Å². The van der Waals surface area contributed by atoms with Gasteiger partial charge in [0.1, 0.15) is 9.84 Å². The Kier molecular flexibility index (Phi) is 4.70. The summed E-state index contributed by atoms with van der Waals surface area (Å²) in [5.74, 6) is 0.206. The van der Waals surface area contributed by atoms with Crippen LogP contribution in [-0.2, 0) is 22.8 Å². The summed E-state index contributed by atoms with van der Waals surface area (Å²) < 4.78 is 24.0. The number of hydrogen-bond acceptors (Lipinski definition) is 4. The zero-order valence-corrected chi connectivity index (χ0v) is 11.5. The topological polar surface area (TPSA) is 78.0 Å². The fourth-order valence-corrected chi connectivity index (χ4v) is 2.59. The molecule has 1 aromatic rings. The van der Waals surface area contributed by atoms with Crippen LogP contribution in [0.5, 0.6) is 0 Å². The van der Waals surface area contributed by atoms with Gasteiger partial charge in [-0.25, -0.2) is 8.42 Å². The van der Waals surface area contributed by atoms with Crippen molar-refractivity contribution in [2.45, 2.75) is 33.2 Å². The Morgan fingerprint density at radius 1 is 1.35 bits per heavy atom. The van der Waals surface area contributed by atoms with Crippen LogP contribution >= 0.6 is 0 Å². The number of sulfone groups is 1. The lowest BCUT2D eigenvalue weighted by atomic mass is 10.1. The molecule has 0 aliphatic rings. The molecule has 0 aliphatic carbocycles. The summed E-state index contributed by atoms with van der Waals surface area (Å²) in [5.41, 5.74) is 8.83. The second-order valence-corrected chi connectivity index (χ2v) is 6.65. The lowest BCUT2D eigenvalue weighted by Crippen LogP contribution is -2.10. The van der Waals surface area contributed by atoms with Crippen LogP contribution in [0.25, 0.3) is 0 Å². The molecule has 0 amide bonds. The Morgan fingerprint density at radius 2 is 2.00 bits per heavy atom. The molecule has 0 fully saturated rings. The van der Waals surface area contributed by atoms with Crippen LogP contribution in [0.2, 0.25) is 0 Å². The molecule has 5 nitrogen and oxygen atoms in total. The standard InChI is InChI=1S/C11H21N3O2S/c1-9-11(5-6-12)10(2)14(13-9)7-4-8-17(3,15)16/h4-8,12H2,1-3H3. The number of aryl methyl sites for hydroxylation is 2. The van der Waals surface area contributed by atoms with Crippen molar-refractivity contribution < 1.29 is 8.42 Å². The molecule has 98 valence electrons. The highest BCUT2D eigenvalue weighted by Gasteiger charge is 2.11. The monoisotopic (exact) mass is 259 g/mol. The van der Waals surface area contributed by atoms with Crippen LogP contribution in [0.3, 0.4) is 0 Å². The molecule has 0 aliphatic heterocycles. The molecule has 6 heteroatoms. The average molecular weight is 259 g/mol. The highest BCUT2D eigenvalue weighted by molar-refractivity contribution is 7.90. The summed E-state index contributed by atoms with van der Waals surface area (Å²) >= 11 is 0. The van der Waals surface area contributed by atoms with Gasteiger partial charge in [0.2, 0.25) is 0 Å². The Hall–Kier alpha value is -0.880. The van der Waals surface area contributed by atoms with E-state index in [0.29, 0.717) is 19.5 Å². The number of rotatable bonds is 6. The van der Waals surface area contributed by atoms with Crippen LogP contribution in [0.15, 0.2) is 0 Å². The molecule has 0 radical (unpaired) electrons. The third-order valence-electron chi connectivity index (χ3n) is 2.81.